The monoisotopic (exact) mass is 178 g/mol. The summed E-state index contributed by atoms with van der Waals surface area (Å²) in [7, 11) is 1.40. The second-order valence-corrected chi connectivity index (χ2v) is 2.89. The lowest BCUT2D eigenvalue weighted by Crippen LogP contribution is -2.42. The molecule has 1 aliphatic heterocycles. The van der Waals surface area contributed by atoms with Crippen molar-refractivity contribution in [1.29, 1.82) is 0 Å². The van der Waals surface area contributed by atoms with Crippen LogP contribution in [0.3, 0.4) is 0 Å². The molecule has 1 rings (SSSR count). The van der Waals surface area contributed by atoms with Crippen LogP contribution in [-0.2, 0) is 0 Å². The molecule has 1 unspecified atom stereocenters. The highest BCUT2D eigenvalue weighted by Crippen LogP contribution is 2.26. The summed E-state index contributed by atoms with van der Waals surface area (Å²) in [4.78, 5) is 0. The Morgan fingerprint density at radius 2 is 2.17 bits per heavy atom. The zero-order chi connectivity index (χ0) is 9.41. The third kappa shape index (κ3) is 1.85. The lowest BCUT2D eigenvalue weighted by Gasteiger charge is -2.25. The van der Waals surface area contributed by atoms with Gasteiger partial charge in [-0.15, -0.1) is 0 Å². The molecule has 0 amide bonds. The Kier molecular flexibility index (Phi) is 1.99. The summed E-state index contributed by atoms with van der Waals surface area (Å²) in [6.07, 6.45) is -0.286. The van der Waals surface area contributed by atoms with Gasteiger partial charge in [0.05, 0.1) is 19.3 Å². The van der Waals surface area contributed by atoms with E-state index in [1.54, 1.807) is 6.92 Å². The molecule has 0 bridgehead atoms. The van der Waals surface area contributed by atoms with Crippen molar-refractivity contribution in [2.24, 2.45) is 5.10 Å². The zero-order valence-corrected chi connectivity index (χ0v) is 6.81. The van der Waals surface area contributed by atoms with Crippen LogP contribution in [0.15, 0.2) is 10.8 Å². The number of hydrogen-bond acceptors (Lipinski definition) is 1. The molecule has 0 aromatic heterocycles. The Bertz CT molecular complexity index is 242. The van der Waals surface area contributed by atoms with E-state index in [1.807, 2.05) is 0 Å². The quantitative estimate of drug-likeness (QED) is 0.542. The minimum Gasteiger partial charge on any atom is -0.165 e. The fraction of sp³-hybridized carbons (Fsp3) is 0.571. The van der Waals surface area contributed by atoms with Crippen LogP contribution in [-0.4, -0.2) is 30.6 Å². The normalized spacial score (nSPS) is 29.2. The Balaban J connectivity index is 2.75. The maximum absolute atomic E-state index is 12.0. The van der Waals surface area contributed by atoms with Crippen molar-refractivity contribution in [3.05, 3.63) is 11.8 Å². The van der Waals surface area contributed by atoms with Crippen LogP contribution in [0, 0.1) is 6.08 Å². The van der Waals surface area contributed by atoms with E-state index in [4.69, 9.17) is 0 Å². The van der Waals surface area contributed by atoms with Crippen LogP contribution < -0.4 is 0 Å². The number of hydrogen-bond donors (Lipinski definition) is 0. The third-order valence-electron chi connectivity index (χ3n) is 1.80. The fourth-order valence-corrected chi connectivity index (χ4v) is 0.984. The molecule has 0 aromatic carbocycles. The van der Waals surface area contributed by atoms with Crippen LogP contribution in [0.5, 0.6) is 0 Å². The predicted octanol–water partition coefficient (Wildman–Crippen LogP) is 1.70. The number of quaternary nitrogens is 1. The summed E-state index contributed by atoms with van der Waals surface area (Å²) in [6.45, 7) is 0.612. The summed E-state index contributed by atoms with van der Waals surface area (Å²) < 4.78 is 35.5. The highest BCUT2D eigenvalue weighted by Gasteiger charge is 2.42. The molecule has 67 valence electrons. The Labute approximate surface area is 68.6 Å². The van der Waals surface area contributed by atoms with Gasteiger partial charge < -0.3 is 0 Å². The topological polar surface area (TPSA) is 12.4 Å². The van der Waals surface area contributed by atoms with E-state index in [-0.39, 0.29) is 0 Å². The van der Waals surface area contributed by atoms with Gasteiger partial charge in [0.2, 0.25) is 6.54 Å². The van der Waals surface area contributed by atoms with Gasteiger partial charge in [-0.2, -0.15) is 17.8 Å². The van der Waals surface area contributed by atoms with E-state index in [0.29, 0.717) is 5.70 Å². The predicted molar refractivity (Wildman–Crippen MR) is 38.0 cm³/mol. The molecule has 0 saturated carbocycles. The van der Waals surface area contributed by atoms with Crippen molar-refractivity contribution in [2.45, 2.75) is 13.1 Å². The zero-order valence-electron chi connectivity index (χ0n) is 6.81. The number of halogens is 3. The SMILES string of the molecule is CC1=[C]C=N[N+]1(C)CC(F)(F)F. The molecule has 0 fully saturated rings. The Morgan fingerprint density at radius 3 is 2.50 bits per heavy atom. The molecule has 0 aromatic rings. The summed E-state index contributed by atoms with van der Waals surface area (Å²) in [5, 5.41) is 3.68. The van der Waals surface area contributed by atoms with Gasteiger partial charge in [-0.25, -0.2) is 0 Å². The van der Waals surface area contributed by atoms with E-state index in [9.17, 15) is 13.2 Å². The van der Waals surface area contributed by atoms with Crippen molar-refractivity contribution in [1.82, 2.24) is 0 Å². The number of allylic oxidation sites excluding steroid dienone is 2. The molecular formula is C7H9F3N2+. The van der Waals surface area contributed by atoms with Gasteiger partial charge in [-0.1, -0.05) is 5.10 Å². The summed E-state index contributed by atoms with van der Waals surface area (Å²) >= 11 is 0. The average Bonchev–Trinajstić information content (AvgIpc) is 2.08. The average molecular weight is 178 g/mol. The molecule has 0 N–H and O–H groups in total. The number of alkyl halides is 3. The van der Waals surface area contributed by atoms with Gasteiger partial charge in [0, 0.05) is 6.92 Å². The minimum atomic E-state index is -4.20. The maximum Gasteiger partial charge on any atom is 0.441 e. The van der Waals surface area contributed by atoms with Crippen LogP contribution in [0.2, 0.25) is 0 Å². The van der Waals surface area contributed by atoms with E-state index in [2.05, 4.69) is 11.2 Å². The largest absolute Gasteiger partial charge is 0.441 e. The van der Waals surface area contributed by atoms with Gasteiger partial charge in [0.1, 0.15) is 5.70 Å². The number of nitrogens with zero attached hydrogens (tertiary/aromatic N) is 2. The van der Waals surface area contributed by atoms with Crippen molar-refractivity contribution in [2.75, 3.05) is 13.6 Å². The molecule has 0 aliphatic carbocycles. The molecule has 0 saturated heterocycles. The van der Waals surface area contributed by atoms with Crippen LogP contribution in [0.25, 0.3) is 0 Å². The van der Waals surface area contributed by atoms with Gasteiger partial charge in [0.15, 0.2) is 0 Å². The number of rotatable bonds is 1. The van der Waals surface area contributed by atoms with Crippen LogP contribution in [0.1, 0.15) is 6.92 Å². The van der Waals surface area contributed by atoms with Crippen LogP contribution in [0.4, 0.5) is 13.2 Å². The van der Waals surface area contributed by atoms with Gasteiger partial charge >= 0.3 is 6.18 Å². The third-order valence-corrected chi connectivity index (χ3v) is 1.80. The first-order valence-electron chi connectivity index (χ1n) is 3.40. The molecule has 1 heterocycles. The van der Waals surface area contributed by atoms with E-state index in [1.165, 1.54) is 13.3 Å². The van der Waals surface area contributed by atoms with Crippen molar-refractivity contribution in [3.8, 4) is 0 Å². The first kappa shape index (κ1) is 9.25. The molecule has 1 atom stereocenters. The summed E-state index contributed by atoms with van der Waals surface area (Å²) in [5.41, 5.74) is 0.479. The smallest absolute Gasteiger partial charge is 0.165 e. The molecule has 1 radical (unpaired) electrons. The Morgan fingerprint density at radius 1 is 1.58 bits per heavy atom. The lowest BCUT2D eigenvalue weighted by atomic mass is 10.4. The first-order chi connectivity index (χ1) is 5.33. The molecule has 0 spiro atoms. The van der Waals surface area contributed by atoms with E-state index < -0.39 is 17.3 Å². The molecule has 12 heavy (non-hydrogen) atoms. The van der Waals surface area contributed by atoms with E-state index >= 15 is 0 Å². The highest BCUT2D eigenvalue weighted by molar-refractivity contribution is 5.67. The maximum atomic E-state index is 12.0. The van der Waals surface area contributed by atoms with Gasteiger partial charge in [-0.05, 0) is 0 Å². The lowest BCUT2D eigenvalue weighted by molar-refractivity contribution is -0.887. The second-order valence-electron chi connectivity index (χ2n) is 2.89. The fourth-order valence-electron chi connectivity index (χ4n) is 0.984. The second kappa shape index (κ2) is 2.58. The van der Waals surface area contributed by atoms with Crippen molar-refractivity contribution in [3.63, 3.8) is 0 Å². The first-order valence-corrected chi connectivity index (χ1v) is 3.40. The van der Waals surface area contributed by atoms with Crippen molar-refractivity contribution >= 4 is 6.21 Å². The summed E-state index contributed by atoms with van der Waals surface area (Å²) in [6, 6.07) is 0. The molecule has 5 heteroatoms. The van der Waals surface area contributed by atoms with Gasteiger partial charge in [-0.3, -0.25) is 0 Å². The highest BCUT2D eigenvalue weighted by atomic mass is 19.4. The minimum absolute atomic E-state index is 0.455. The molecular weight excluding hydrogens is 169 g/mol. The molecule has 1 aliphatic rings. The Hall–Kier alpha value is -0.840. The summed E-state index contributed by atoms with van der Waals surface area (Å²) in [5.74, 6) is 0. The van der Waals surface area contributed by atoms with E-state index in [0.717, 1.165) is 0 Å². The van der Waals surface area contributed by atoms with Crippen LogP contribution >= 0.6 is 0 Å². The van der Waals surface area contributed by atoms with Crippen molar-refractivity contribution < 1.29 is 17.8 Å². The van der Waals surface area contributed by atoms with Gasteiger partial charge in [0.25, 0.3) is 0 Å². The molecule has 2 nitrogen and oxygen atoms in total. The standard InChI is InChI=1S/C7H9F3N2/c1-6-3-4-11-12(6,2)5-7(8,9)10/h4H,5H2,1-2H3/q+1.